The van der Waals surface area contributed by atoms with Crippen LogP contribution in [0, 0.1) is 0 Å². The Kier molecular flexibility index (Phi) is 4.37. The third-order valence-corrected chi connectivity index (χ3v) is 7.42. The molecule has 142 valence electrons. The fourth-order valence-electron chi connectivity index (χ4n) is 4.48. The molecule has 0 radical (unpaired) electrons. The van der Waals surface area contributed by atoms with Crippen LogP contribution in [0.25, 0.3) is 5.76 Å². The van der Waals surface area contributed by atoms with Gasteiger partial charge in [0.15, 0.2) is 0 Å². The molecule has 27 heavy (non-hydrogen) atoms. The second kappa shape index (κ2) is 6.76. The van der Waals surface area contributed by atoms with Gasteiger partial charge in [-0.1, -0.05) is 24.3 Å². The summed E-state index contributed by atoms with van der Waals surface area (Å²) < 4.78 is 12.3. The molecule has 1 aliphatic carbocycles. The lowest BCUT2D eigenvalue weighted by atomic mass is 9.90. The van der Waals surface area contributed by atoms with Crippen LogP contribution in [-0.4, -0.2) is 60.2 Å². The predicted octanol–water partition coefficient (Wildman–Crippen LogP) is 2.90. The Morgan fingerprint density at radius 2 is 1.89 bits per heavy atom. The first-order valence-electron chi connectivity index (χ1n) is 9.74. The number of benzene rings is 1. The number of carbonyl (C=O) groups excluding carboxylic acids is 2. The van der Waals surface area contributed by atoms with E-state index in [4.69, 9.17) is 9.47 Å². The number of carbonyl (C=O) groups is 2. The van der Waals surface area contributed by atoms with Crippen LogP contribution >= 0.6 is 11.8 Å². The monoisotopic (exact) mass is 385 g/mol. The summed E-state index contributed by atoms with van der Waals surface area (Å²) in [6, 6.07) is 7.30. The maximum atomic E-state index is 12.5. The molecule has 0 aromatic heterocycles. The summed E-state index contributed by atoms with van der Waals surface area (Å²) in [6.45, 7) is 3.87. The van der Waals surface area contributed by atoms with Crippen molar-refractivity contribution in [3.63, 3.8) is 0 Å². The van der Waals surface area contributed by atoms with Crippen LogP contribution in [0.1, 0.15) is 41.6 Å². The SMILES string of the molecule is O=C1C(=O)c2ccccc2C2=C1SCC1(CCN(CC3CCCO3)CC1)O2. The quantitative estimate of drug-likeness (QED) is 0.730. The van der Waals surface area contributed by atoms with Crippen molar-refractivity contribution in [2.45, 2.75) is 37.4 Å². The van der Waals surface area contributed by atoms with Gasteiger partial charge in [-0.05, 0) is 12.8 Å². The summed E-state index contributed by atoms with van der Waals surface area (Å²) in [4.78, 5) is 27.9. The zero-order valence-electron chi connectivity index (χ0n) is 15.2. The molecule has 3 aliphatic heterocycles. The fraction of sp³-hybridized carbons (Fsp3) is 0.524. The van der Waals surface area contributed by atoms with Crippen LogP contribution in [0.15, 0.2) is 29.2 Å². The first-order chi connectivity index (χ1) is 13.2. The van der Waals surface area contributed by atoms with Crippen molar-refractivity contribution < 1.29 is 19.1 Å². The summed E-state index contributed by atoms with van der Waals surface area (Å²) in [7, 11) is 0. The third kappa shape index (κ3) is 3.04. The van der Waals surface area contributed by atoms with Gasteiger partial charge in [0.05, 0.1) is 6.10 Å². The van der Waals surface area contributed by atoms with Crippen LogP contribution in [0.5, 0.6) is 0 Å². The number of nitrogens with zero attached hydrogens (tertiary/aromatic N) is 1. The van der Waals surface area contributed by atoms with E-state index in [-0.39, 0.29) is 5.60 Å². The van der Waals surface area contributed by atoms with Crippen LogP contribution in [0.3, 0.4) is 0 Å². The molecular weight excluding hydrogens is 362 g/mol. The molecule has 1 unspecified atom stereocenters. The number of piperidine rings is 1. The van der Waals surface area contributed by atoms with Gasteiger partial charge in [0.1, 0.15) is 16.3 Å². The van der Waals surface area contributed by atoms with Crippen molar-refractivity contribution in [1.82, 2.24) is 4.90 Å². The van der Waals surface area contributed by atoms with Gasteiger partial charge in [0.25, 0.3) is 0 Å². The summed E-state index contributed by atoms with van der Waals surface area (Å²) in [5, 5.41) is 0. The molecule has 4 aliphatic rings. The lowest BCUT2D eigenvalue weighted by molar-refractivity contribution is -0.111. The number of thioether (sulfide) groups is 1. The molecule has 2 saturated heterocycles. The smallest absolute Gasteiger partial charge is 0.243 e. The molecule has 0 bridgehead atoms. The maximum absolute atomic E-state index is 12.5. The normalized spacial score (nSPS) is 27.5. The maximum Gasteiger partial charge on any atom is 0.243 e. The van der Waals surface area contributed by atoms with E-state index >= 15 is 0 Å². The minimum atomic E-state index is -0.417. The van der Waals surface area contributed by atoms with Gasteiger partial charge in [-0.15, -0.1) is 11.8 Å². The van der Waals surface area contributed by atoms with E-state index < -0.39 is 11.6 Å². The average molecular weight is 385 g/mol. The molecule has 1 atom stereocenters. The number of likely N-dealkylation sites (tertiary alicyclic amines) is 1. The zero-order valence-corrected chi connectivity index (χ0v) is 16.1. The number of ketones is 2. The van der Waals surface area contributed by atoms with Crippen molar-refractivity contribution in [1.29, 1.82) is 0 Å². The molecule has 1 spiro atoms. The molecule has 5 rings (SSSR count). The number of ether oxygens (including phenoxy) is 2. The Balaban J connectivity index is 1.34. The van der Waals surface area contributed by atoms with Crippen LogP contribution in [0.4, 0.5) is 0 Å². The van der Waals surface area contributed by atoms with Gasteiger partial charge in [-0.25, -0.2) is 0 Å². The summed E-state index contributed by atoms with van der Waals surface area (Å²) in [5.74, 6) is 0.530. The standard InChI is InChI=1S/C21H23NO4S/c23-17-15-5-1-2-6-16(15)19-20(18(17)24)27-13-21(26-19)7-9-22(10-8-21)12-14-4-3-11-25-14/h1-2,5-6,14H,3-4,7-13H2. The minimum absolute atomic E-state index is 0.246. The molecule has 5 nitrogen and oxygen atoms in total. The molecular formula is C21H23NO4S. The largest absolute Gasteiger partial charge is 0.484 e. The first-order valence-corrected chi connectivity index (χ1v) is 10.7. The highest BCUT2D eigenvalue weighted by atomic mass is 32.2. The van der Waals surface area contributed by atoms with Crippen molar-refractivity contribution in [2.24, 2.45) is 0 Å². The van der Waals surface area contributed by atoms with Gasteiger partial charge in [-0.2, -0.15) is 0 Å². The molecule has 0 saturated carbocycles. The molecule has 3 heterocycles. The van der Waals surface area contributed by atoms with Crippen molar-refractivity contribution >= 4 is 29.1 Å². The number of fused-ring (bicyclic) bond motifs is 2. The molecule has 1 aromatic carbocycles. The Labute approximate surface area is 163 Å². The molecule has 0 amide bonds. The highest BCUT2D eigenvalue weighted by molar-refractivity contribution is 8.04. The zero-order chi connectivity index (χ0) is 18.4. The van der Waals surface area contributed by atoms with Crippen LogP contribution in [0.2, 0.25) is 0 Å². The van der Waals surface area contributed by atoms with Gasteiger partial charge < -0.3 is 14.4 Å². The fourth-order valence-corrected chi connectivity index (χ4v) is 5.74. The number of hydrogen-bond donors (Lipinski definition) is 0. The Morgan fingerprint density at radius 1 is 1.11 bits per heavy atom. The third-order valence-electron chi connectivity index (χ3n) is 6.09. The van der Waals surface area contributed by atoms with E-state index in [1.807, 2.05) is 12.1 Å². The molecule has 2 fully saturated rings. The van der Waals surface area contributed by atoms with Crippen LogP contribution in [-0.2, 0) is 14.3 Å². The number of hydrogen-bond acceptors (Lipinski definition) is 6. The van der Waals surface area contributed by atoms with Gasteiger partial charge in [-0.3, -0.25) is 9.59 Å². The first kappa shape index (κ1) is 17.5. The van der Waals surface area contributed by atoms with Gasteiger partial charge >= 0.3 is 0 Å². The van der Waals surface area contributed by atoms with E-state index in [2.05, 4.69) is 4.90 Å². The average Bonchev–Trinajstić information content (AvgIpc) is 3.21. The van der Waals surface area contributed by atoms with Crippen molar-refractivity contribution in [3.8, 4) is 0 Å². The summed E-state index contributed by atoms with van der Waals surface area (Å²) >= 11 is 1.50. The van der Waals surface area contributed by atoms with E-state index in [1.54, 1.807) is 12.1 Å². The second-order valence-electron chi connectivity index (χ2n) is 7.87. The van der Waals surface area contributed by atoms with Gasteiger partial charge in [0.2, 0.25) is 11.6 Å². The molecule has 0 N–H and O–H groups in total. The lowest BCUT2D eigenvalue weighted by Crippen LogP contribution is -2.50. The number of allylic oxidation sites excluding steroid dienone is 1. The van der Waals surface area contributed by atoms with Gasteiger partial charge in [0, 0.05) is 56.0 Å². The molecule has 1 aromatic rings. The number of Topliss-reactive ketones (excluding diaryl/α,β-unsaturated/α-hetero) is 2. The second-order valence-corrected chi connectivity index (χ2v) is 8.86. The molecule has 6 heteroatoms. The summed E-state index contributed by atoms with van der Waals surface area (Å²) in [6.07, 6.45) is 4.59. The lowest BCUT2D eigenvalue weighted by Gasteiger charge is -2.45. The van der Waals surface area contributed by atoms with E-state index in [1.165, 1.54) is 18.2 Å². The Morgan fingerprint density at radius 3 is 2.63 bits per heavy atom. The van der Waals surface area contributed by atoms with Crippen LogP contribution < -0.4 is 0 Å². The van der Waals surface area contributed by atoms with E-state index in [0.717, 1.165) is 56.8 Å². The number of rotatable bonds is 2. The summed E-state index contributed by atoms with van der Waals surface area (Å²) in [5.41, 5.74) is 0.991. The van der Waals surface area contributed by atoms with Crippen molar-refractivity contribution in [3.05, 3.63) is 40.3 Å². The Bertz CT molecular complexity index is 819. The Hall–Kier alpha value is -1.63. The topological polar surface area (TPSA) is 55.8 Å². The van der Waals surface area contributed by atoms with E-state index in [0.29, 0.717) is 22.3 Å². The van der Waals surface area contributed by atoms with Crippen molar-refractivity contribution in [2.75, 3.05) is 32.0 Å². The van der Waals surface area contributed by atoms with E-state index in [9.17, 15) is 9.59 Å². The highest BCUT2D eigenvalue weighted by Crippen LogP contribution is 2.47. The minimum Gasteiger partial charge on any atom is -0.484 e. The predicted molar refractivity (Wildman–Crippen MR) is 104 cm³/mol. The highest BCUT2D eigenvalue weighted by Gasteiger charge is 2.46.